The molecule has 1 unspecified atom stereocenters. The van der Waals surface area contributed by atoms with Gasteiger partial charge in [-0.2, -0.15) is 0 Å². The van der Waals surface area contributed by atoms with Crippen LogP contribution in [0.4, 0.5) is 0 Å². The van der Waals surface area contributed by atoms with Gasteiger partial charge in [-0.05, 0) is 32.0 Å². The lowest BCUT2D eigenvalue weighted by Crippen LogP contribution is -2.23. The lowest BCUT2D eigenvalue weighted by atomic mass is 10.3. The second-order valence-electron chi connectivity index (χ2n) is 4.59. The Morgan fingerprint density at radius 1 is 1.32 bits per heavy atom. The molecule has 1 aromatic carbocycles. The molecular weight excluding hydrogens is 238 g/mol. The van der Waals surface area contributed by atoms with Crippen molar-refractivity contribution in [1.29, 1.82) is 0 Å². The van der Waals surface area contributed by atoms with Crippen molar-refractivity contribution < 1.29 is 4.74 Å². The number of nitrogens with one attached hydrogen (secondary N) is 1. The summed E-state index contributed by atoms with van der Waals surface area (Å²) in [7, 11) is 2.01. The molecule has 102 valence electrons. The van der Waals surface area contributed by atoms with E-state index in [-0.39, 0.29) is 6.04 Å². The normalized spacial score (nSPS) is 12.3. The third-order valence-electron chi connectivity index (χ3n) is 3.03. The van der Waals surface area contributed by atoms with Crippen molar-refractivity contribution in [1.82, 2.24) is 14.9 Å². The number of hydrogen-bond donors (Lipinski definition) is 1. The van der Waals surface area contributed by atoms with Crippen molar-refractivity contribution in [3.05, 3.63) is 48.5 Å². The molecule has 0 aliphatic heterocycles. The summed E-state index contributed by atoms with van der Waals surface area (Å²) in [5.41, 5.74) is 0. The monoisotopic (exact) mass is 259 g/mol. The molecule has 4 heteroatoms. The van der Waals surface area contributed by atoms with Crippen LogP contribution in [0, 0.1) is 0 Å². The van der Waals surface area contributed by atoms with Crippen LogP contribution < -0.4 is 10.1 Å². The Bertz CT molecular complexity index is 481. The first kappa shape index (κ1) is 13.6. The van der Waals surface area contributed by atoms with Crippen LogP contribution in [0.15, 0.2) is 42.7 Å². The lowest BCUT2D eigenvalue weighted by molar-refractivity contribution is 0.305. The fourth-order valence-electron chi connectivity index (χ4n) is 1.98. The number of rotatable bonds is 7. The van der Waals surface area contributed by atoms with E-state index in [1.54, 1.807) is 0 Å². The van der Waals surface area contributed by atoms with Crippen LogP contribution in [0.25, 0.3) is 0 Å². The third kappa shape index (κ3) is 4.10. The van der Waals surface area contributed by atoms with Crippen molar-refractivity contribution in [2.24, 2.45) is 7.05 Å². The highest BCUT2D eigenvalue weighted by molar-refractivity contribution is 5.20. The standard InChI is InChI=1S/C15H21N3O/c1-13(15-17-10-11-18(15)2)16-9-6-12-19-14-7-4-3-5-8-14/h3-5,7-8,10-11,13,16H,6,9,12H2,1-2H3. The zero-order valence-electron chi connectivity index (χ0n) is 11.5. The first-order valence-corrected chi connectivity index (χ1v) is 6.66. The molecule has 1 atom stereocenters. The van der Waals surface area contributed by atoms with Crippen molar-refractivity contribution in [2.75, 3.05) is 13.2 Å². The highest BCUT2D eigenvalue weighted by Gasteiger charge is 2.08. The topological polar surface area (TPSA) is 39.1 Å². The third-order valence-corrected chi connectivity index (χ3v) is 3.03. The van der Waals surface area contributed by atoms with Gasteiger partial charge in [0, 0.05) is 19.4 Å². The maximum atomic E-state index is 5.64. The van der Waals surface area contributed by atoms with Crippen LogP contribution >= 0.6 is 0 Å². The zero-order valence-corrected chi connectivity index (χ0v) is 11.5. The Balaban J connectivity index is 1.63. The molecule has 0 bridgehead atoms. The second-order valence-corrected chi connectivity index (χ2v) is 4.59. The first-order chi connectivity index (χ1) is 9.27. The molecule has 0 saturated heterocycles. The lowest BCUT2D eigenvalue weighted by Gasteiger charge is -2.13. The van der Waals surface area contributed by atoms with E-state index in [4.69, 9.17) is 4.74 Å². The molecule has 0 spiro atoms. The van der Waals surface area contributed by atoms with E-state index in [2.05, 4.69) is 17.2 Å². The summed E-state index contributed by atoms with van der Waals surface area (Å²) in [5.74, 6) is 1.99. The molecule has 2 rings (SSSR count). The van der Waals surface area contributed by atoms with E-state index in [0.717, 1.165) is 31.1 Å². The van der Waals surface area contributed by atoms with E-state index in [0.29, 0.717) is 0 Å². The number of imidazole rings is 1. The fraction of sp³-hybridized carbons (Fsp3) is 0.400. The molecule has 1 aromatic heterocycles. The maximum Gasteiger partial charge on any atom is 0.125 e. The van der Waals surface area contributed by atoms with E-state index >= 15 is 0 Å². The summed E-state index contributed by atoms with van der Waals surface area (Å²) in [6.07, 6.45) is 4.77. The average Bonchev–Trinajstić information content (AvgIpc) is 2.86. The Morgan fingerprint density at radius 3 is 2.79 bits per heavy atom. The summed E-state index contributed by atoms with van der Waals surface area (Å²) >= 11 is 0. The Morgan fingerprint density at radius 2 is 2.11 bits per heavy atom. The molecule has 0 aliphatic rings. The molecule has 0 radical (unpaired) electrons. The molecule has 1 heterocycles. The van der Waals surface area contributed by atoms with Crippen molar-refractivity contribution in [3.63, 3.8) is 0 Å². The van der Waals surface area contributed by atoms with E-state index < -0.39 is 0 Å². The zero-order chi connectivity index (χ0) is 13.5. The molecule has 0 fully saturated rings. The first-order valence-electron chi connectivity index (χ1n) is 6.66. The van der Waals surface area contributed by atoms with Gasteiger partial charge in [0.15, 0.2) is 0 Å². The molecule has 2 aromatic rings. The van der Waals surface area contributed by atoms with Crippen molar-refractivity contribution >= 4 is 0 Å². The molecule has 1 N–H and O–H groups in total. The molecule has 4 nitrogen and oxygen atoms in total. The minimum atomic E-state index is 0.261. The minimum absolute atomic E-state index is 0.261. The van der Waals surface area contributed by atoms with Crippen LogP contribution in [0.5, 0.6) is 5.75 Å². The van der Waals surface area contributed by atoms with Gasteiger partial charge < -0.3 is 14.6 Å². The second kappa shape index (κ2) is 6.95. The van der Waals surface area contributed by atoms with Gasteiger partial charge in [0.1, 0.15) is 11.6 Å². The number of benzene rings is 1. The van der Waals surface area contributed by atoms with Crippen LogP contribution in [-0.4, -0.2) is 22.7 Å². The Labute approximate surface area is 114 Å². The number of hydrogen-bond acceptors (Lipinski definition) is 3. The summed E-state index contributed by atoms with van der Waals surface area (Å²) < 4.78 is 7.68. The Kier molecular flexibility index (Phi) is 4.98. The summed E-state index contributed by atoms with van der Waals surface area (Å²) in [4.78, 5) is 4.33. The Hall–Kier alpha value is -1.81. The van der Waals surface area contributed by atoms with Gasteiger partial charge in [0.05, 0.1) is 12.6 Å². The maximum absolute atomic E-state index is 5.64. The van der Waals surface area contributed by atoms with Gasteiger partial charge in [0.25, 0.3) is 0 Å². The van der Waals surface area contributed by atoms with Crippen molar-refractivity contribution in [3.8, 4) is 5.75 Å². The predicted molar refractivity (Wildman–Crippen MR) is 76.2 cm³/mol. The minimum Gasteiger partial charge on any atom is -0.494 e. The number of para-hydroxylation sites is 1. The molecule has 0 aliphatic carbocycles. The molecule has 0 amide bonds. The smallest absolute Gasteiger partial charge is 0.125 e. The van der Waals surface area contributed by atoms with Crippen LogP contribution in [0.2, 0.25) is 0 Å². The fourth-order valence-corrected chi connectivity index (χ4v) is 1.98. The molecule has 0 saturated carbocycles. The van der Waals surface area contributed by atoms with Gasteiger partial charge in [0.2, 0.25) is 0 Å². The van der Waals surface area contributed by atoms with Gasteiger partial charge in [-0.15, -0.1) is 0 Å². The number of ether oxygens (including phenoxy) is 1. The molecule has 19 heavy (non-hydrogen) atoms. The van der Waals surface area contributed by atoms with Gasteiger partial charge in [-0.1, -0.05) is 18.2 Å². The van der Waals surface area contributed by atoms with E-state index in [1.807, 2.05) is 54.3 Å². The average molecular weight is 259 g/mol. The highest BCUT2D eigenvalue weighted by atomic mass is 16.5. The predicted octanol–water partition coefficient (Wildman–Crippen LogP) is 2.54. The van der Waals surface area contributed by atoms with Gasteiger partial charge in [-0.3, -0.25) is 0 Å². The summed E-state index contributed by atoms with van der Waals surface area (Å²) in [6, 6.07) is 10.2. The quantitative estimate of drug-likeness (QED) is 0.777. The van der Waals surface area contributed by atoms with E-state index in [1.165, 1.54) is 0 Å². The number of aromatic nitrogens is 2. The van der Waals surface area contributed by atoms with Crippen molar-refractivity contribution in [2.45, 2.75) is 19.4 Å². The molecular formula is C15H21N3O. The van der Waals surface area contributed by atoms with Crippen LogP contribution in [-0.2, 0) is 7.05 Å². The number of nitrogens with zero attached hydrogens (tertiary/aromatic N) is 2. The largest absolute Gasteiger partial charge is 0.494 e. The van der Waals surface area contributed by atoms with Gasteiger partial charge in [-0.25, -0.2) is 4.98 Å². The summed E-state index contributed by atoms with van der Waals surface area (Å²) in [6.45, 7) is 3.77. The van der Waals surface area contributed by atoms with Gasteiger partial charge >= 0.3 is 0 Å². The van der Waals surface area contributed by atoms with Crippen LogP contribution in [0.3, 0.4) is 0 Å². The van der Waals surface area contributed by atoms with E-state index in [9.17, 15) is 0 Å². The summed E-state index contributed by atoms with van der Waals surface area (Å²) in [5, 5.41) is 3.45. The SMILES string of the molecule is CC(NCCCOc1ccccc1)c1nccn1C. The number of aryl methyl sites for hydroxylation is 1. The highest BCUT2D eigenvalue weighted by Crippen LogP contribution is 2.09. The van der Waals surface area contributed by atoms with Crippen LogP contribution in [0.1, 0.15) is 25.2 Å².